The molecule has 2 aliphatic heterocycles. The van der Waals surface area contributed by atoms with E-state index in [1.54, 1.807) is 0 Å². The van der Waals surface area contributed by atoms with Crippen LogP contribution in [-0.2, 0) is 22.6 Å². The fourth-order valence-electron chi connectivity index (χ4n) is 5.77. The molecule has 2 heterocycles. The summed E-state index contributed by atoms with van der Waals surface area (Å²) in [6.07, 6.45) is 4.65. The van der Waals surface area contributed by atoms with Crippen molar-refractivity contribution >= 4 is 11.7 Å². The molecule has 38 heavy (non-hydrogen) atoms. The molecule has 0 amide bonds. The first-order valence-corrected chi connectivity index (χ1v) is 13.7. The molecule has 5 rings (SSSR count). The third-order valence-corrected chi connectivity index (χ3v) is 8.03. The van der Waals surface area contributed by atoms with Gasteiger partial charge in [-0.2, -0.15) is 0 Å². The van der Waals surface area contributed by atoms with Crippen molar-refractivity contribution in [3.8, 4) is 16.9 Å². The minimum absolute atomic E-state index is 0.0392. The Morgan fingerprint density at radius 2 is 1.87 bits per heavy atom. The molecule has 6 heteroatoms. The second-order valence-corrected chi connectivity index (χ2v) is 10.9. The molecule has 0 bridgehead atoms. The number of nitrogens with zero attached hydrogens (tertiary/aromatic N) is 1. The van der Waals surface area contributed by atoms with E-state index in [2.05, 4.69) is 47.4 Å². The molecule has 200 valence electrons. The molecule has 2 fully saturated rings. The maximum Gasteiger partial charge on any atom is 0.307 e. The lowest BCUT2D eigenvalue weighted by Crippen LogP contribution is -2.44. The lowest BCUT2D eigenvalue weighted by atomic mass is 9.74. The average Bonchev–Trinajstić information content (AvgIpc) is 2.93. The SMILES string of the molecule is CC(N)c1cccc(-c2cc(COc3ccccc3CC(=O)O)cc(N3CCC4(CCCOC4)CC3)c2)c1. The normalized spacial score (nSPS) is 17.8. The van der Waals surface area contributed by atoms with E-state index in [4.69, 9.17) is 15.2 Å². The largest absolute Gasteiger partial charge is 0.489 e. The fourth-order valence-corrected chi connectivity index (χ4v) is 5.77. The van der Waals surface area contributed by atoms with E-state index in [1.165, 1.54) is 12.1 Å². The summed E-state index contributed by atoms with van der Waals surface area (Å²) in [4.78, 5) is 13.8. The molecule has 3 aromatic rings. The summed E-state index contributed by atoms with van der Waals surface area (Å²) in [6, 6.07) is 22.4. The van der Waals surface area contributed by atoms with Crippen LogP contribution in [0, 0.1) is 5.41 Å². The summed E-state index contributed by atoms with van der Waals surface area (Å²) in [7, 11) is 0. The number of hydrogen-bond acceptors (Lipinski definition) is 5. The molecule has 1 spiro atoms. The molecular formula is C32H38N2O4. The van der Waals surface area contributed by atoms with Gasteiger partial charge in [-0.3, -0.25) is 4.79 Å². The van der Waals surface area contributed by atoms with Crippen LogP contribution in [0.3, 0.4) is 0 Å². The van der Waals surface area contributed by atoms with Gasteiger partial charge in [0.05, 0.1) is 13.0 Å². The summed E-state index contributed by atoms with van der Waals surface area (Å²) in [5.41, 5.74) is 12.8. The molecule has 2 saturated heterocycles. The highest BCUT2D eigenvalue weighted by Gasteiger charge is 2.36. The predicted octanol–water partition coefficient (Wildman–Crippen LogP) is 5.98. The van der Waals surface area contributed by atoms with Gasteiger partial charge in [-0.05, 0) is 90.6 Å². The first-order valence-electron chi connectivity index (χ1n) is 13.7. The van der Waals surface area contributed by atoms with Gasteiger partial charge in [0.25, 0.3) is 0 Å². The highest BCUT2D eigenvalue weighted by molar-refractivity contribution is 5.72. The Balaban J connectivity index is 1.42. The number of benzene rings is 3. The molecule has 0 aromatic heterocycles. The van der Waals surface area contributed by atoms with Crippen LogP contribution in [0.25, 0.3) is 11.1 Å². The molecule has 2 aliphatic rings. The summed E-state index contributed by atoms with van der Waals surface area (Å²) < 4.78 is 12.0. The number of ether oxygens (including phenoxy) is 2. The van der Waals surface area contributed by atoms with E-state index in [9.17, 15) is 9.90 Å². The highest BCUT2D eigenvalue weighted by atomic mass is 16.5. The predicted molar refractivity (Wildman–Crippen MR) is 151 cm³/mol. The standard InChI is InChI=1S/C32H38N2O4/c1-23(33)25-7-4-8-26(18-25)28-16-24(21-38-30-9-3-2-6-27(30)20-31(35)36)17-29(19-28)34-13-11-32(12-14-34)10-5-15-37-22-32/h2-4,6-9,16-19,23H,5,10-15,20-22,33H2,1H3,(H,35,36). The van der Waals surface area contributed by atoms with Crippen LogP contribution in [0.1, 0.15) is 55.3 Å². The van der Waals surface area contributed by atoms with E-state index in [1.807, 2.05) is 31.2 Å². The van der Waals surface area contributed by atoms with Gasteiger partial charge >= 0.3 is 5.97 Å². The van der Waals surface area contributed by atoms with Gasteiger partial charge in [0.1, 0.15) is 12.4 Å². The van der Waals surface area contributed by atoms with Crippen molar-refractivity contribution in [3.05, 3.63) is 83.4 Å². The van der Waals surface area contributed by atoms with E-state index in [0.29, 0.717) is 23.3 Å². The van der Waals surface area contributed by atoms with Crippen molar-refractivity contribution in [2.45, 2.75) is 51.7 Å². The molecule has 0 aliphatic carbocycles. The van der Waals surface area contributed by atoms with Crippen molar-refractivity contribution < 1.29 is 19.4 Å². The minimum atomic E-state index is -0.870. The maximum absolute atomic E-state index is 11.3. The summed E-state index contributed by atoms with van der Waals surface area (Å²) in [5, 5.41) is 9.30. The molecule has 1 unspecified atom stereocenters. The van der Waals surface area contributed by atoms with Gasteiger partial charge in [0, 0.05) is 37.0 Å². The average molecular weight is 515 g/mol. The monoisotopic (exact) mass is 514 g/mol. The number of nitrogens with two attached hydrogens (primary N) is 1. The summed E-state index contributed by atoms with van der Waals surface area (Å²) in [5.74, 6) is -0.261. The third-order valence-electron chi connectivity index (χ3n) is 8.03. The van der Waals surface area contributed by atoms with Crippen molar-refractivity contribution in [1.82, 2.24) is 0 Å². The summed E-state index contributed by atoms with van der Waals surface area (Å²) >= 11 is 0. The number of piperidine rings is 1. The molecule has 3 aromatic carbocycles. The number of carboxylic acids is 1. The molecule has 0 radical (unpaired) electrons. The van der Waals surface area contributed by atoms with Crippen LogP contribution >= 0.6 is 0 Å². The van der Waals surface area contributed by atoms with Crippen LogP contribution in [-0.4, -0.2) is 37.4 Å². The number of anilines is 1. The Labute approximate surface area is 225 Å². The molecule has 1 atom stereocenters. The molecular weight excluding hydrogens is 476 g/mol. The second-order valence-electron chi connectivity index (χ2n) is 10.9. The Kier molecular flexibility index (Phi) is 8.01. The fraction of sp³-hybridized carbons (Fsp3) is 0.406. The van der Waals surface area contributed by atoms with E-state index in [-0.39, 0.29) is 12.5 Å². The van der Waals surface area contributed by atoms with Crippen LogP contribution in [0.2, 0.25) is 0 Å². The first-order chi connectivity index (χ1) is 18.4. The topological polar surface area (TPSA) is 85.0 Å². The number of carboxylic acid groups (broad SMARTS) is 1. The van der Waals surface area contributed by atoms with E-state index >= 15 is 0 Å². The second kappa shape index (κ2) is 11.6. The number of carbonyl (C=O) groups is 1. The third kappa shape index (κ3) is 6.20. The van der Waals surface area contributed by atoms with Crippen molar-refractivity contribution in [2.75, 3.05) is 31.2 Å². The van der Waals surface area contributed by atoms with Crippen molar-refractivity contribution in [2.24, 2.45) is 11.1 Å². The zero-order valence-electron chi connectivity index (χ0n) is 22.2. The lowest BCUT2D eigenvalue weighted by molar-refractivity contribution is -0.136. The molecule has 0 saturated carbocycles. The summed E-state index contributed by atoms with van der Waals surface area (Å²) in [6.45, 7) is 6.16. The van der Waals surface area contributed by atoms with Crippen molar-refractivity contribution in [3.63, 3.8) is 0 Å². The van der Waals surface area contributed by atoms with Gasteiger partial charge in [0.15, 0.2) is 0 Å². The van der Waals surface area contributed by atoms with E-state index < -0.39 is 5.97 Å². The van der Waals surface area contributed by atoms with Gasteiger partial charge in [-0.1, -0.05) is 36.4 Å². The lowest BCUT2D eigenvalue weighted by Gasteiger charge is -2.44. The van der Waals surface area contributed by atoms with Gasteiger partial charge in [-0.25, -0.2) is 0 Å². The first kappa shape index (κ1) is 26.3. The number of rotatable bonds is 8. The number of aliphatic carboxylic acids is 1. The highest BCUT2D eigenvalue weighted by Crippen LogP contribution is 2.40. The van der Waals surface area contributed by atoms with Gasteiger partial charge in [0.2, 0.25) is 0 Å². The van der Waals surface area contributed by atoms with Crippen molar-refractivity contribution in [1.29, 1.82) is 0 Å². The number of para-hydroxylation sites is 1. The molecule has 3 N–H and O–H groups in total. The number of hydrogen-bond donors (Lipinski definition) is 2. The maximum atomic E-state index is 11.3. The zero-order chi connectivity index (χ0) is 26.5. The Morgan fingerprint density at radius 3 is 2.61 bits per heavy atom. The minimum Gasteiger partial charge on any atom is -0.489 e. The smallest absolute Gasteiger partial charge is 0.307 e. The van der Waals surface area contributed by atoms with Crippen LogP contribution in [0.4, 0.5) is 5.69 Å². The molecule has 6 nitrogen and oxygen atoms in total. The van der Waals surface area contributed by atoms with E-state index in [0.717, 1.165) is 67.8 Å². The van der Waals surface area contributed by atoms with Crippen LogP contribution < -0.4 is 15.4 Å². The zero-order valence-corrected chi connectivity index (χ0v) is 22.2. The quantitative estimate of drug-likeness (QED) is 0.385. The van der Waals surface area contributed by atoms with Gasteiger partial charge < -0.3 is 25.2 Å². The Bertz CT molecular complexity index is 1260. The van der Waals surface area contributed by atoms with Crippen LogP contribution in [0.15, 0.2) is 66.7 Å². The Hall–Kier alpha value is -3.35. The Morgan fingerprint density at radius 1 is 1.05 bits per heavy atom. The van der Waals surface area contributed by atoms with Crippen LogP contribution in [0.5, 0.6) is 5.75 Å². The van der Waals surface area contributed by atoms with Gasteiger partial charge in [-0.15, -0.1) is 0 Å².